The third-order valence-electron chi connectivity index (χ3n) is 4.00. The van der Waals surface area contributed by atoms with Crippen molar-refractivity contribution < 1.29 is 14.3 Å². The molecule has 0 spiro atoms. The summed E-state index contributed by atoms with van der Waals surface area (Å²) in [4.78, 5) is 24.6. The summed E-state index contributed by atoms with van der Waals surface area (Å²) in [7, 11) is 0. The molecule has 0 radical (unpaired) electrons. The first kappa shape index (κ1) is 19.5. The van der Waals surface area contributed by atoms with Gasteiger partial charge in [0.05, 0.1) is 11.3 Å². The summed E-state index contributed by atoms with van der Waals surface area (Å²) >= 11 is 5.91. The molecule has 0 atom stereocenters. The highest BCUT2D eigenvalue weighted by molar-refractivity contribution is 6.30. The number of aryl methyl sites for hydroxylation is 1. The van der Waals surface area contributed by atoms with E-state index in [4.69, 9.17) is 16.3 Å². The zero-order chi connectivity index (χ0) is 19.9. The smallest absolute Gasteiger partial charge is 0.340 e. The van der Waals surface area contributed by atoms with Crippen LogP contribution in [0.2, 0.25) is 5.02 Å². The van der Waals surface area contributed by atoms with Gasteiger partial charge in [-0.3, -0.25) is 4.79 Å². The molecule has 142 valence electrons. The number of nitrogens with one attached hydrogen (secondary N) is 2. The van der Waals surface area contributed by atoms with E-state index in [0.29, 0.717) is 22.0 Å². The molecule has 3 aromatic carbocycles. The molecule has 0 bridgehead atoms. The number of anilines is 3. The van der Waals surface area contributed by atoms with Gasteiger partial charge < -0.3 is 15.4 Å². The Morgan fingerprint density at radius 3 is 2.39 bits per heavy atom. The summed E-state index contributed by atoms with van der Waals surface area (Å²) in [5.74, 6) is -1.01. The number of halogens is 1. The maximum absolute atomic E-state index is 12.5. The number of hydrogen-bond donors (Lipinski definition) is 2. The van der Waals surface area contributed by atoms with Crippen molar-refractivity contribution in [3.8, 4) is 0 Å². The van der Waals surface area contributed by atoms with Crippen molar-refractivity contribution in [1.29, 1.82) is 0 Å². The summed E-state index contributed by atoms with van der Waals surface area (Å²) < 4.78 is 5.19. The van der Waals surface area contributed by atoms with Gasteiger partial charge in [-0.1, -0.05) is 41.9 Å². The van der Waals surface area contributed by atoms with Gasteiger partial charge >= 0.3 is 5.97 Å². The molecule has 1 amide bonds. The molecular weight excluding hydrogens is 376 g/mol. The van der Waals surface area contributed by atoms with Gasteiger partial charge in [0, 0.05) is 16.4 Å². The molecule has 0 saturated heterocycles. The standard InChI is InChI=1S/C22H19ClN2O3/c1-15-13-16(23)11-12-19(15)25-21(26)14-28-22(27)18-9-5-6-10-20(18)24-17-7-3-2-4-8-17/h2-13,24H,14H2,1H3,(H,25,26). The van der Waals surface area contributed by atoms with Crippen LogP contribution in [0.1, 0.15) is 15.9 Å². The van der Waals surface area contributed by atoms with Crippen molar-refractivity contribution in [2.75, 3.05) is 17.2 Å². The van der Waals surface area contributed by atoms with Crippen molar-refractivity contribution in [3.63, 3.8) is 0 Å². The number of carbonyl (C=O) groups is 2. The van der Waals surface area contributed by atoms with E-state index in [1.165, 1.54) is 0 Å². The first-order valence-electron chi connectivity index (χ1n) is 8.67. The summed E-state index contributed by atoms with van der Waals surface area (Å²) in [6.45, 7) is 1.44. The fraction of sp³-hybridized carbons (Fsp3) is 0.0909. The van der Waals surface area contributed by atoms with Crippen LogP contribution in [0.4, 0.5) is 17.1 Å². The van der Waals surface area contributed by atoms with E-state index in [0.717, 1.165) is 11.3 Å². The minimum atomic E-state index is -0.581. The van der Waals surface area contributed by atoms with Gasteiger partial charge in [-0.05, 0) is 55.0 Å². The number of benzene rings is 3. The van der Waals surface area contributed by atoms with E-state index in [1.807, 2.05) is 43.3 Å². The van der Waals surface area contributed by atoms with Crippen molar-refractivity contribution >= 4 is 40.5 Å². The molecule has 0 unspecified atom stereocenters. The Balaban J connectivity index is 1.62. The molecule has 28 heavy (non-hydrogen) atoms. The Hall–Kier alpha value is -3.31. The van der Waals surface area contributed by atoms with Gasteiger partial charge in [0.1, 0.15) is 0 Å². The quantitative estimate of drug-likeness (QED) is 0.565. The molecule has 3 rings (SSSR count). The molecule has 0 aliphatic carbocycles. The maximum atomic E-state index is 12.5. The molecule has 3 aromatic rings. The molecule has 2 N–H and O–H groups in total. The van der Waals surface area contributed by atoms with E-state index >= 15 is 0 Å². The molecule has 6 heteroatoms. The minimum Gasteiger partial charge on any atom is -0.452 e. The first-order chi connectivity index (χ1) is 13.5. The van der Waals surface area contributed by atoms with Crippen molar-refractivity contribution in [1.82, 2.24) is 0 Å². The lowest BCUT2D eigenvalue weighted by molar-refractivity contribution is -0.119. The average Bonchev–Trinajstić information content (AvgIpc) is 2.69. The Bertz CT molecular complexity index is 990. The highest BCUT2D eigenvalue weighted by atomic mass is 35.5. The molecule has 0 saturated carbocycles. The summed E-state index contributed by atoms with van der Waals surface area (Å²) in [6.07, 6.45) is 0. The monoisotopic (exact) mass is 394 g/mol. The van der Waals surface area contributed by atoms with E-state index in [1.54, 1.807) is 36.4 Å². The highest BCUT2D eigenvalue weighted by Crippen LogP contribution is 2.22. The Morgan fingerprint density at radius 1 is 0.929 bits per heavy atom. The maximum Gasteiger partial charge on any atom is 0.340 e. The number of carbonyl (C=O) groups excluding carboxylic acids is 2. The van der Waals surface area contributed by atoms with Gasteiger partial charge in [-0.15, -0.1) is 0 Å². The van der Waals surface area contributed by atoms with Gasteiger partial charge in [-0.25, -0.2) is 4.79 Å². The molecule has 0 aliphatic rings. The van der Waals surface area contributed by atoms with Gasteiger partial charge in [0.2, 0.25) is 0 Å². The number of hydrogen-bond acceptors (Lipinski definition) is 4. The lowest BCUT2D eigenvalue weighted by Crippen LogP contribution is -2.21. The third-order valence-corrected chi connectivity index (χ3v) is 4.23. The predicted molar refractivity (Wildman–Crippen MR) is 111 cm³/mol. The van der Waals surface area contributed by atoms with Crippen LogP contribution < -0.4 is 10.6 Å². The van der Waals surface area contributed by atoms with Crippen LogP contribution in [0.25, 0.3) is 0 Å². The fourth-order valence-corrected chi connectivity index (χ4v) is 2.84. The molecule has 0 aliphatic heterocycles. The van der Waals surface area contributed by atoms with E-state index in [9.17, 15) is 9.59 Å². The van der Waals surface area contributed by atoms with Crippen molar-refractivity contribution in [2.45, 2.75) is 6.92 Å². The Labute approximate surface area is 168 Å². The Kier molecular flexibility index (Phi) is 6.29. The van der Waals surface area contributed by atoms with Gasteiger partial charge in [0.15, 0.2) is 6.61 Å². The van der Waals surface area contributed by atoms with Crippen LogP contribution >= 0.6 is 11.6 Å². The van der Waals surface area contributed by atoms with Crippen LogP contribution in [0, 0.1) is 6.92 Å². The zero-order valence-electron chi connectivity index (χ0n) is 15.2. The molecule has 0 aromatic heterocycles. The summed E-state index contributed by atoms with van der Waals surface area (Å²) in [5, 5.41) is 6.48. The zero-order valence-corrected chi connectivity index (χ0v) is 16.0. The number of ether oxygens (including phenoxy) is 1. The highest BCUT2D eigenvalue weighted by Gasteiger charge is 2.15. The van der Waals surface area contributed by atoms with Gasteiger partial charge in [-0.2, -0.15) is 0 Å². The van der Waals surface area contributed by atoms with Crippen LogP contribution in [0.15, 0.2) is 72.8 Å². The normalized spacial score (nSPS) is 10.2. The first-order valence-corrected chi connectivity index (χ1v) is 9.05. The summed E-state index contributed by atoms with van der Waals surface area (Å²) in [5.41, 5.74) is 3.24. The number of rotatable bonds is 6. The van der Waals surface area contributed by atoms with E-state index < -0.39 is 11.9 Å². The van der Waals surface area contributed by atoms with Crippen molar-refractivity contribution in [3.05, 3.63) is 88.9 Å². The second-order valence-electron chi connectivity index (χ2n) is 6.12. The molecule has 0 heterocycles. The topological polar surface area (TPSA) is 67.4 Å². The van der Waals surface area contributed by atoms with E-state index in [2.05, 4.69) is 10.6 Å². The average molecular weight is 395 g/mol. The second-order valence-corrected chi connectivity index (χ2v) is 6.56. The fourth-order valence-electron chi connectivity index (χ4n) is 2.61. The van der Waals surface area contributed by atoms with Crippen LogP contribution in [-0.2, 0) is 9.53 Å². The lowest BCUT2D eigenvalue weighted by atomic mass is 10.1. The SMILES string of the molecule is Cc1cc(Cl)ccc1NC(=O)COC(=O)c1ccccc1Nc1ccccc1. The molecule has 0 fully saturated rings. The van der Waals surface area contributed by atoms with Crippen LogP contribution in [-0.4, -0.2) is 18.5 Å². The number of amides is 1. The lowest BCUT2D eigenvalue weighted by Gasteiger charge is -2.12. The van der Waals surface area contributed by atoms with E-state index in [-0.39, 0.29) is 6.61 Å². The number of esters is 1. The second kappa shape index (κ2) is 9.06. The predicted octanol–water partition coefficient (Wildman–Crippen LogP) is 5.19. The Morgan fingerprint density at radius 2 is 1.64 bits per heavy atom. The van der Waals surface area contributed by atoms with Crippen LogP contribution in [0.5, 0.6) is 0 Å². The molecule has 5 nitrogen and oxygen atoms in total. The van der Waals surface area contributed by atoms with Gasteiger partial charge in [0.25, 0.3) is 5.91 Å². The largest absolute Gasteiger partial charge is 0.452 e. The van der Waals surface area contributed by atoms with Crippen LogP contribution in [0.3, 0.4) is 0 Å². The minimum absolute atomic E-state index is 0.349. The number of para-hydroxylation sites is 2. The summed E-state index contributed by atoms with van der Waals surface area (Å²) in [6, 6.07) is 21.6. The third kappa shape index (κ3) is 5.11. The molecular formula is C22H19ClN2O3. The van der Waals surface area contributed by atoms with Crippen molar-refractivity contribution in [2.24, 2.45) is 0 Å².